The molecule has 2 heterocycles. The van der Waals surface area contributed by atoms with Gasteiger partial charge >= 0.3 is 5.97 Å². The molecule has 0 unspecified atom stereocenters. The van der Waals surface area contributed by atoms with Gasteiger partial charge in [0.2, 0.25) is 5.82 Å². The standard InChI is InChI=1S/C22H20N4O4/c1-3-12-26-21(27)17-7-5-4-6-16(17)19(24-26)22(28)29-13-18-23-20(30-25-18)15-10-8-14(2)9-11-15/h4-11H,3,12-13H2,1-2H3. The number of ether oxygens (including phenoxy) is 1. The summed E-state index contributed by atoms with van der Waals surface area (Å²) < 4.78 is 11.9. The van der Waals surface area contributed by atoms with Crippen LogP contribution in [-0.4, -0.2) is 25.9 Å². The molecular weight excluding hydrogens is 384 g/mol. The normalized spacial score (nSPS) is 11.0. The van der Waals surface area contributed by atoms with Gasteiger partial charge in [0.1, 0.15) is 0 Å². The summed E-state index contributed by atoms with van der Waals surface area (Å²) in [5.41, 5.74) is 1.76. The largest absolute Gasteiger partial charge is 0.453 e. The third-order valence-corrected chi connectivity index (χ3v) is 4.60. The number of aryl methyl sites for hydroxylation is 2. The first kappa shape index (κ1) is 19.5. The van der Waals surface area contributed by atoms with Gasteiger partial charge in [0.25, 0.3) is 11.4 Å². The molecule has 2 aromatic heterocycles. The van der Waals surface area contributed by atoms with Gasteiger partial charge < -0.3 is 9.26 Å². The number of benzene rings is 2. The van der Waals surface area contributed by atoms with Crippen LogP contribution in [0.1, 0.15) is 35.2 Å². The van der Waals surface area contributed by atoms with Crippen LogP contribution in [0.15, 0.2) is 57.8 Å². The maximum absolute atomic E-state index is 12.7. The molecule has 4 aromatic rings. The zero-order chi connectivity index (χ0) is 21.1. The lowest BCUT2D eigenvalue weighted by Gasteiger charge is -2.09. The Kier molecular flexibility index (Phi) is 5.38. The Bertz CT molecular complexity index is 1260. The van der Waals surface area contributed by atoms with Crippen molar-refractivity contribution in [3.8, 4) is 11.5 Å². The Labute approximate surface area is 172 Å². The summed E-state index contributed by atoms with van der Waals surface area (Å²) in [6, 6.07) is 14.5. The minimum atomic E-state index is -0.655. The fourth-order valence-corrected chi connectivity index (χ4v) is 3.07. The predicted octanol–water partition coefficient (Wildman–Crippen LogP) is 3.52. The summed E-state index contributed by atoms with van der Waals surface area (Å²) >= 11 is 0. The molecule has 0 bridgehead atoms. The minimum Gasteiger partial charge on any atom is -0.453 e. The van der Waals surface area contributed by atoms with Crippen LogP contribution in [0.5, 0.6) is 0 Å². The van der Waals surface area contributed by atoms with Crippen LogP contribution < -0.4 is 5.56 Å². The maximum atomic E-state index is 12.7. The van der Waals surface area contributed by atoms with Gasteiger partial charge in [0.05, 0.1) is 5.39 Å². The highest BCUT2D eigenvalue weighted by atomic mass is 16.5. The van der Waals surface area contributed by atoms with Gasteiger partial charge in [-0.25, -0.2) is 9.48 Å². The monoisotopic (exact) mass is 404 g/mol. The summed E-state index contributed by atoms with van der Waals surface area (Å²) in [6.07, 6.45) is 0.713. The van der Waals surface area contributed by atoms with Crippen LogP contribution in [0.3, 0.4) is 0 Å². The minimum absolute atomic E-state index is 0.0842. The number of fused-ring (bicyclic) bond motifs is 1. The van der Waals surface area contributed by atoms with Crippen molar-refractivity contribution < 1.29 is 14.1 Å². The van der Waals surface area contributed by atoms with Crippen LogP contribution in [-0.2, 0) is 17.9 Å². The van der Waals surface area contributed by atoms with Crippen molar-refractivity contribution in [2.45, 2.75) is 33.4 Å². The summed E-state index contributed by atoms with van der Waals surface area (Å²) in [5, 5.41) is 8.97. The second-order valence-corrected chi connectivity index (χ2v) is 6.88. The highest BCUT2D eigenvalue weighted by Crippen LogP contribution is 2.19. The average molecular weight is 404 g/mol. The van der Waals surface area contributed by atoms with E-state index in [1.165, 1.54) is 4.68 Å². The Morgan fingerprint density at radius 2 is 1.83 bits per heavy atom. The van der Waals surface area contributed by atoms with Gasteiger partial charge in [-0.15, -0.1) is 0 Å². The topological polar surface area (TPSA) is 100 Å². The van der Waals surface area contributed by atoms with Crippen LogP contribution in [0.4, 0.5) is 0 Å². The average Bonchev–Trinajstić information content (AvgIpc) is 3.24. The molecule has 152 valence electrons. The van der Waals surface area contributed by atoms with E-state index in [4.69, 9.17) is 9.26 Å². The zero-order valence-corrected chi connectivity index (χ0v) is 16.7. The highest BCUT2D eigenvalue weighted by molar-refractivity contribution is 6.02. The molecule has 0 saturated carbocycles. The van der Waals surface area contributed by atoms with Crippen molar-refractivity contribution in [1.82, 2.24) is 19.9 Å². The Morgan fingerprint density at radius 3 is 2.57 bits per heavy atom. The molecule has 0 spiro atoms. The molecule has 0 aliphatic rings. The van der Waals surface area contributed by atoms with Gasteiger partial charge in [-0.2, -0.15) is 10.1 Å². The van der Waals surface area contributed by atoms with Crippen molar-refractivity contribution in [2.75, 3.05) is 0 Å². The zero-order valence-electron chi connectivity index (χ0n) is 16.7. The molecular formula is C22H20N4O4. The summed E-state index contributed by atoms with van der Waals surface area (Å²) in [5.74, 6) is -0.0658. The van der Waals surface area contributed by atoms with E-state index in [-0.39, 0.29) is 23.7 Å². The lowest BCUT2D eigenvalue weighted by molar-refractivity contribution is 0.0452. The first-order valence-corrected chi connectivity index (χ1v) is 9.63. The van der Waals surface area contributed by atoms with Crippen LogP contribution >= 0.6 is 0 Å². The number of carbonyl (C=O) groups excluding carboxylic acids is 1. The van der Waals surface area contributed by atoms with E-state index in [0.29, 0.717) is 29.6 Å². The number of rotatable bonds is 6. The van der Waals surface area contributed by atoms with E-state index in [9.17, 15) is 9.59 Å². The molecule has 0 N–H and O–H groups in total. The van der Waals surface area contributed by atoms with E-state index in [1.807, 2.05) is 38.1 Å². The first-order valence-electron chi connectivity index (χ1n) is 9.63. The Morgan fingerprint density at radius 1 is 1.10 bits per heavy atom. The van der Waals surface area contributed by atoms with Crippen molar-refractivity contribution >= 4 is 16.7 Å². The first-order chi connectivity index (χ1) is 14.6. The van der Waals surface area contributed by atoms with Crippen molar-refractivity contribution in [3.05, 3.63) is 76.0 Å². The van der Waals surface area contributed by atoms with Crippen molar-refractivity contribution in [2.24, 2.45) is 0 Å². The molecule has 0 aliphatic carbocycles. The second-order valence-electron chi connectivity index (χ2n) is 6.88. The quantitative estimate of drug-likeness (QED) is 0.453. The third kappa shape index (κ3) is 3.84. The van der Waals surface area contributed by atoms with Gasteiger partial charge in [-0.05, 0) is 31.5 Å². The van der Waals surface area contributed by atoms with E-state index < -0.39 is 5.97 Å². The number of esters is 1. The van der Waals surface area contributed by atoms with E-state index in [1.54, 1.807) is 24.3 Å². The Hall–Kier alpha value is -3.81. The lowest BCUT2D eigenvalue weighted by Crippen LogP contribution is -2.26. The molecule has 4 rings (SSSR count). The fraction of sp³-hybridized carbons (Fsp3) is 0.227. The second kappa shape index (κ2) is 8.28. The highest BCUT2D eigenvalue weighted by Gasteiger charge is 2.19. The van der Waals surface area contributed by atoms with E-state index >= 15 is 0 Å². The van der Waals surface area contributed by atoms with Gasteiger partial charge in [-0.3, -0.25) is 4.79 Å². The molecule has 8 heteroatoms. The molecule has 0 fully saturated rings. The fourth-order valence-electron chi connectivity index (χ4n) is 3.07. The molecule has 0 atom stereocenters. The molecule has 0 radical (unpaired) electrons. The number of hydrogen-bond acceptors (Lipinski definition) is 7. The Balaban J connectivity index is 1.56. The molecule has 30 heavy (non-hydrogen) atoms. The summed E-state index contributed by atoms with van der Waals surface area (Å²) in [7, 11) is 0. The van der Waals surface area contributed by atoms with Gasteiger partial charge in [-0.1, -0.05) is 48.0 Å². The number of carbonyl (C=O) groups is 1. The smallest absolute Gasteiger partial charge is 0.359 e. The molecule has 0 aliphatic heterocycles. The molecule has 8 nitrogen and oxygen atoms in total. The number of nitrogens with zero attached hydrogens (tertiary/aromatic N) is 4. The van der Waals surface area contributed by atoms with E-state index in [0.717, 1.165) is 11.1 Å². The van der Waals surface area contributed by atoms with Crippen molar-refractivity contribution in [1.29, 1.82) is 0 Å². The van der Waals surface area contributed by atoms with Crippen LogP contribution in [0.25, 0.3) is 22.2 Å². The molecule has 0 amide bonds. The third-order valence-electron chi connectivity index (χ3n) is 4.60. The summed E-state index contributed by atoms with van der Waals surface area (Å²) in [6.45, 7) is 4.17. The lowest BCUT2D eigenvalue weighted by atomic mass is 10.1. The van der Waals surface area contributed by atoms with Crippen LogP contribution in [0, 0.1) is 6.92 Å². The SMILES string of the molecule is CCCn1nc(C(=O)OCc2noc(-c3ccc(C)cc3)n2)c2ccccc2c1=O. The van der Waals surface area contributed by atoms with Gasteiger partial charge in [0, 0.05) is 17.5 Å². The van der Waals surface area contributed by atoms with Crippen LogP contribution in [0.2, 0.25) is 0 Å². The molecule has 2 aromatic carbocycles. The maximum Gasteiger partial charge on any atom is 0.359 e. The van der Waals surface area contributed by atoms with Crippen molar-refractivity contribution in [3.63, 3.8) is 0 Å². The molecule has 0 saturated heterocycles. The number of aromatic nitrogens is 4. The van der Waals surface area contributed by atoms with E-state index in [2.05, 4.69) is 15.2 Å². The predicted molar refractivity (Wildman–Crippen MR) is 110 cm³/mol. The van der Waals surface area contributed by atoms with Gasteiger partial charge in [0.15, 0.2) is 12.3 Å². The summed E-state index contributed by atoms with van der Waals surface area (Å²) in [4.78, 5) is 29.5. The number of hydrogen-bond donors (Lipinski definition) is 0.